The van der Waals surface area contributed by atoms with Crippen LogP contribution in [0.15, 0.2) is 128 Å². The number of hydrogen-bond acceptors (Lipinski definition) is 11. The van der Waals surface area contributed by atoms with Gasteiger partial charge in [0.1, 0.15) is 5.82 Å². The summed E-state index contributed by atoms with van der Waals surface area (Å²) < 4.78 is 16.9. The predicted octanol–water partition coefficient (Wildman–Crippen LogP) is 10.7. The first-order chi connectivity index (χ1) is 43.1. The van der Waals surface area contributed by atoms with Gasteiger partial charge in [-0.1, -0.05) is 109 Å². The number of hydrogen-bond donors (Lipinski definition) is 4. The van der Waals surface area contributed by atoms with Gasteiger partial charge in [0.05, 0.1) is 67.6 Å². The maximum Gasteiger partial charge on any atom is 0.322 e. The molecule has 0 bridgehead atoms. The van der Waals surface area contributed by atoms with Gasteiger partial charge in [-0.3, -0.25) is 24.5 Å². The molecular formula is C72H97N11O6. The summed E-state index contributed by atoms with van der Waals surface area (Å²) >= 11 is 0. The minimum atomic E-state index is -0.197. The van der Waals surface area contributed by atoms with Gasteiger partial charge in [-0.2, -0.15) is 0 Å². The van der Waals surface area contributed by atoms with E-state index in [1.54, 1.807) is 17.3 Å². The van der Waals surface area contributed by atoms with Crippen LogP contribution < -0.4 is 31.1 Å². The average molecular weight is 1210 g/mol. The number of ether oxygens (including phenoxy) is 3. The normalized spacial score (nSPS) is 31.6. The first-order valence-corrected chi connectivity index (χ1v) is 33.3. The fraction of sp³-hybridized carbons (Fsp3) is 0.569. The predicted molar refractivity (Wildman–Crippen MR) is 349 cm³/mol. The molecule has 4 aromatic carbocycles. The SMILES string of the molecule is CN(CC1CCOC1)C1(c2ccccc2)CCC2(CC1)CNC(=O)N2.Cc1ccc(N2CC3(CCC(c4ccccc4)(N(C)CC4CCOC4)CC3)NC2=O)cc1.Cc1ncc(N2CC3(CCC(c4ccccc4)(N(C)CC4CCOC4)CC3)NC2=O)cn1. The van der Waals surface area contributed by atoms with Crippen molar-refractivity contribution < 1.29 is 28.6 Å². The molecule has 89 heavy (non-hydrogen) atoms. The van der Waals surface area contributed by atoms with Gasteiger partial charge in [-0.25, -0.2) is 24.4 Å². The van der Waals surface area contributed by atoms with E-state index in [1.165, 1.54) is 28.7 Å². The van der Waals surface area contributed by atoms with Crippen LogP contribution in [0.5, 0.6) is 0 Å². The van der Waals surface area contributed by atoms with Gasteiger partial charge in [-0.05, 0) is 178 Å². The first-order valence-electron chi connectivity index (χ1n) is 33.3. The Bertz CT molecular complexity index is 2980. The number of carbonyl (C=O) groups is 3. The molecule has 0 radical (unpaired) electrons. The summed E-state index contributed by atoms with van der Waals surface area (Å²) in [6.07, 6.45) is 19.1. The van der Waals surface area contributed by atoms with Gasteiger partial charge in [0.15, 0.2) is 0 Å². The standard InChI is InChI=1S/C27H35N3O2.C25H33N5O2.C20H29N3O2/c1-21-8-10-24(11-9-21)30-20-26(28-25(30)31)13-15-27(16-14-26,23-6-4-3-5-7-23)29(2)18-22-12-17-32-19-22;1-19-26-14-22(15-27-19)30-18-24(28-23(30)31)9-11-25(12-10-24,21-6-4-3-5-7-21)29(2)16-20-8-13-32-17-20;1-23(13-16-7-12-25-14-16)20(17-5-3-2-4-6-17)10-8-19(9-11-20)15-21-18(24)22-19/h3-11,22H,12-20H2,1-2H3,(H,28,31);3-7,14-15,20H,8-13,16-18H2,1-2H3,(H,28,31);2-6,16H,7-15H2,1H3,(H2,21,22,24). The van der Waals surface area contributed by atoms with E-state index in [0.717, 1.165) is 174 Å². The first kappa shape index (κ1) is 62.7. The van der Waals surface area contributed by atoms with E-state index in [9.17, 15) is 14.4 Å². The number of rotatable bonds is 14. The maximum absolute atomic E-state index is 12.9. The van der Waals surface area contributed by atoms with Gasteiger partial charge in [0.2, 0.25) is 0 Å². The Hall–Kier alpha value is -6.47. The van der Waals surface area contributed by atoms with Crippen LogP contribution in [-0.4, -0.2) is 159 Å². The molecule has 7 heterocycles. The zero-order chi connectivity index (χ0) is 61.7. The molecule has 3 spiro atoms. The van der Waals surface area contributed by atoms with Crippen LogP contribution in [0.2, 0.25) is 0 Å². The average Bonchev–Trinajstić information content (AvgIpc) is 1.93. The van der Waals surface area contributed by atoms with Crippen molar-refractivity contribution in [2.24, 2.45) is 17.8 Å². The Balaban J connectivity index is 0.000000131. The third-order valence-corrected chi connectivity index (χ3v) is 22.4. The molecule has 6 aliphatic heterocycles. The van der Waals surface area contributed by atoms with Crippen molar-refractivity contribution in [3.05, 3.63) is 156 Å². The summed E-state index contributed by atoms with van der Waals surface area (Å²) in [6.45, 7) is 14.6. The number of amides is 6. The molecule has 9 aliphatic rings. The topological polar surface area (TPSA) is 169 Å². The second-order valence-electron chi connectivity index (χ2n) is 28.0. The lowest BCUT2D eigenvalue weighted by Crippen LogP contribution is -2.55. The third-order valence-electron chi connectivity index (χ3n) is 22.4. The smallest absolute Gasteiger partial charge is 0.322 e. The van der Waals surface area contributed by atoms with E-state index in [-0.39, 0.29) is 51.3 Å². The zero-order valence-corrected chi connectivity index (χ0v) is 53.5. The highest BCUT2D eigenvalue weighted by Crippen LogP contribution is 2.50. The molecule has 17 heteroatoms. The van der Waals surface area contributed by atoms with Gasteiger partial charge in [-0.15, -0.1) is 0 Å². The van der Waals surface area contributed by atoms with E-state index in [0.29, 0.717) is 30.1 Å². The summed E-state index contributed by atoms with van der Waals surface area (Å²) in [4.78, 5) is 57.4. The quantitative estimate of drug-likeness (QED) is 0.0835. The number of nitrogens with zero attached hydrogens (tertiary/aromatic N) is 7. The Kier molecular flexibility index (Phi) is 18.9. The van der Waals surface area contributed by atoms with Crippen LogP contribution in [-0.2, 0) is 30.8 Å². The molecule has 6 saturated heterocycles. The number of carbonyl (C=O) groups excluding carboxylic acids is 3. The van der Waals surface area contributed by atoms with E-state index in [1.807, 2.05) is 11.8 Å². The van der Waals surface area contributed by atoms with Gasteiger partial charge < -0.3 is 35.5 Å². The van der Waals surface area contributed by atoms with E-state index < -0.39 is 0 Å². The molecule has 3 unspecified atom stereocenters. The Morgan fingerprint density at radius 1 is 0.461 bits per heavy atom. The van der Waals surface area contributed by atoms with Crippen molar-refractivity contribution in [1.82, 2.24) is 45.9 Å². The number of aromatic nitrogens is 2. The van der Waals surface area contributed by atoms with E-state index in [4.69, 9.17) is 14.2 Å². The molecular weight excluding hydrogens is 1110 g/mol. The monoisotopic (exact) mass is 1210 g/mol. The van der Waals surface area contributed by atoms with Crippen molar-refractivity contribution in [2.45, 2.75) is 143 Å². The molecule has 17 nitrogen and oxygen atoms in total. The number of urea groups is 3. The lowest BCUT2D eigenvalue weighted by molar-refractivity contribution is 0.0319. The van der Waals surface area contributed by atoms with Crippen LogP contribution in [0.4, 0.5) is 25.8 Å². The molecule has 5 aromatic rings. The Labute approximate surface area is 528 Å². The van der Waals surface area contributed by atoms with E-state index >= 15 is 0 Å². The lowest BCUT2D eigenvalue weighted by atomic mass is 9.68. The molecule has 3 atom stereocenters. The van der Waals surface area contributed by atoms with Crippen LogP contribution in [0, 0.1) is 31.6 Å². The van der Waals surface area contributed by atoms with Gasteiger partial charge in [0, 0.05) is 68.3 Å². The van der Waals surface area contributed by atoms with Crippen LogP contribution in [0.3, 0.4) is 0 Å². The number of benzene rings is 4. The summed E-state index contributed by atoms with van der Waals surface area (Å²) in [5, 5.41) is 12.8. The summed E-state index contributed by atoms with van der Waals surface area (Å²) in [7, 11) is 6.83. The molecule has 4 N–H and O–H groups in total. The number of anilines is 2. The van der Waals surface area contributed by atoms with Crippen molar-refractivity contribution in [3.63, 3.8) is 0 Å². The van der Waals surface area contributed by atoms with Crippen molar-refractivity contribution >= 4 is 29.5 Å². The largest absolute Gasteiger partial charge is 0.381 e. The highest BCUT2D eigenvalue weighted by Gasteiger charge is 2.54. The zero-order valence-electron chi connectivity index (χ0n) is 53.5. The fourth-order valence-corrected chi connectivity index (χ4v) is 16.7. The molecule has 476 valence electrons. The lowest BCUT2D eigenvalue weighted by Gasteiger charge is -2.50. The fourth-order valence-electron chi connectivity index (χ4n) is 16.7. The van der Waals surface area contributed by atoms with Gasteiger partial charge >= 0.3 is 18.1 Å². The second-order valence-corrected chi connectivity index (χ2v) is 28.0. The minimum Gasteiger partial charge on any atom is -0.381 e. The molecule has 9 fully saturated rings. The van der Waals surface area contributed by atoms with Crippen molar-refractivity contribution in [1.29, 1.82) is 0 Å². The highest BCUT2D eigenvalue weighted by molar-refractivity contribution is 5.96. The second kappa shape index (κ2) is 26.8. The highest BCUT2D eigenvalue weighted by atomic mass is 16.5. The van der Waals surface area contributed by atoms with Gasteiger partial charge in [0.25, 0.3) is 0 Å². The molecule has 3 aliphatic carbocycles. The summed E-state index contributed by atoms with van der Waals surface area (Å²) in [6, 6.07) is 41.1. The summed E-state index contributed by atoms with van der Waals surface area (Å²) in [5.41, 5.74) is 6.82. The van der Waals surface area contributed by atoms with Crippen molar-refractivity contribution in [2.75, 3.05) is 110 Å². The Morgan fingerprint density at radius 3 is 1.16 bits per heavy atom. The number of nitrogens with one attached hydrogen (secondary N) is 4. The van der Waals surface area contributed by atoms with E-state index in [2.05, 4.69) is 189 Å². The molecule has 14 rings (SSSR count). The molecule has 6 amide bonds. The van der Waals surface area contributed by atoms with Crippen LogP contribution >= 0.6 is 0 Å². The molecule has 3 saturated carbocycles. The third kappa shape index (κ3) is 13.5. The van der Waals surface area contributed by atoms with Crippen LogP contribution in [0.1, 0.15) is 124 Å². The molecule has 1 aromatic heterocycles. The Morgan fingerprint density at radius 2 is 0.820 bits per heavy atom. The number of aryl methyl sites for hydroxylation is 2. The summed E-state index contributed by atoms with van der Waals surface area (Å²) in [5.74, 6) is 2.55. The minimum absolute atomic E-state index is 0.0105. The van der Waals surface area contributed by atoms with Crippen molar-refractivity contribution in [3.8, 4) is 0 Å². The maximum atomic E-state index is 12.9. The van der Waals surface area contributed by atoms with Crippen LogP contribution in [0.25, 0.3) is 0 Å².